The number of hydrogen-bond donors (Lipinski definition) is 2. The normalized spacial score (nSPS) is 17.0. The van der Waals surface area contributed by atoms with Crippen LogP contribution in [-0.4, -0.2) is 45.3 Å². The fourth-order valence-electron chi connectivity index (χ4n) is 2.15. The Bertz CT molecular complexity index is 590. The van der Waals surface area contributed by atoms with Gasteiger partial charge in [-0.25, -0.2) is 4.79 Å². The first-order valence-electron chi connectivity index (χ1n) is 6.71. The van der Waals surface area contributed by atoms with Crippen LogP contribution in [0.4, 0.5) is 13.6 Å². The second-order valence-electron chi connectivity index (χ2n) is 6.19. The molecule has 0 radical (unpaired) electrons. The molecule has 0 fully saturated rings. The number of nitrogens with zero attached hydrogens (tertiary/aromatic N) is 2. The zero-order valence-electron chi connectivity index (χ0n) is 12.5. The monoisotopic (exact) mass is 314 g/mol. The van der Waals surface area contributed by atoms with E-state index >= 15 is 0 Å². The van der Waals surface area contributed by atoms with Gasteiger partial charge in [-0.1, -0.05) is 6.07 Å². The minimum atomic E-state index is -3.33. The van der Waals surface area contributed by atoms with E-state index in [-0.39, 0.29) is 17.6 Å². The van der Waals surface area contributed by atoms with E-state index < -0.39 is 37.0 Å². The molecule has 0 aliphatic carbocycles. The number of rotatable bonds is 1. The molecule has 0 saturated heterocycles. The van der Waals surface area contributed by atoms with E-state index in [1.54, 1.807) is 20.8 Å². The van der Waals surface area contributed by atoms with E-state index in [4.69, 9.17) is 14.8 Å². The number of carbonyl (C=O) groups is 1. The van der Waals surface area contributed by atoms with Crippen molar-refractivity contribution in [2.45, 2.75) is 38.8 Å². The van der Waals surface area contributed by atoms with Crippen LogP contribution < -0.4 is 5.46 Å². The largest absolute Gasteiger partial charge is 0.490 e. The number of amides is 1. The summed E-state index contributed by atoms with van der Waals surface area (Å²) < 4.78 is 33.4. The van der Waals surface area contributed by atoms with Crippen molar-refractivity contribution in [1.29, 1.82) is 0 Å². The standard InChI is InChI=1S/C13H17BF2N2O4/c1-12(2,3)22-11(19)18-6-8-4-9(14(20)21)5-17-10(8)13(15,16)7-18/h4-5,20-21H,6-7H2,1-3H3. The zero-order valence-corrected chi connectivity index (χ0v) is 12.5. The molecule has 1 aromatic heterocycles. The SMILES string of the molecule is CC(C)(C)OC(=O)N1Cc2cc(B(O)O)cnc2C(F)(F)C1. The lowest BCUT2D eigenvalue weighted by molar-refractivity contribution is -0.0624. The van der Waals surface area contributed by atoms with Crippen LogP contribution >= 0.6 is 0 Å². The maximum Gasteiger partial charge on any atom is 0.490 e. The van der Waals surface area contributed by atoms with Gasteiger partial charge in [-0.2, -0.15) is 8.78 Å². The Labute approximate surface area is 126 Å². The molecule has 1 aromatic rings. The maximum atomic E-state index is 14.1. The first-order chi connectivity index (χ1) is 9.99. The van der Waals surface area contributed by atoms with Crippen molar-refractivity contribution in [2.75, 3.05) is 6.54 Å². The summed E-state index contributed by atoms with van der Waals surface area (Å²) in [5.74, 6) is -3.33. The topological polar surface area (TPSA) is 82.9 Å². The molecule has 0 spiro atoms. The lowest BCUT2D eigenvalue weighted by Gasteiger charge is -2.34. The number of aromatic nitrogens is 1. The second kappa shape index (κ2) is 5.47. The van der Waals surface area contributed by atoms with Gasteiger partial charge in [0.15, 0.2) is 0 Å². The minimum absolute atomic E-state index is 0.0133. The molecular weight excluding hydrogens is 297 g/mol. The number of hydrogen-bond acceptors (Lipinski definition) is 5. The number of alkyl halides is 2. The van der Waals surface area contributed by atoms with Crippen LogP contribution in [0.15, 0.2) is 12.3 Å². The number of ether oxygens (including phenoxy) is 1. The van der Waals surface area contributed by atoms with E-state index in [9.17, 15) is 13.6 Å². The lowest BCUT2D eigenvalue weighted by Crippen LogP contribution is -2.47. The van der Waals surface area contributed by atoms with Crippen molar-refractivity contribution in [3.8, 4) is 0 Å². The van der Waals surface area contributed by atoms with Gasteiger partial charge in [-0.3, -0.25) is 9.88 Å². The van der Waals surface area contributed by atoms with Crippen molar-refractivity contribution in [1.82, 2.24) is 9.88 Å². The Morgan fingerprint density at radius 1 is 1.45 bits per heavy atom. The highest BCUT2D eigenvalue weighted by Crippen LogP contribution is 2.35. The van der Waals surface area contributed by atoms with Crippen LogP contribution in [0.2, 0.25) is 0 Å². The Morgan fingerprint density at radius 2 is 2.09 bits per heavy atom. The maximum absolute atomic E-state index is 14.1. The molecular formula is C13H17BF2N2O4. The molecule has 0 aromatic carbocycles. The highest BCUT2D eigenvalue weighted by Gasteiger charge is 2.44. The Hall–Kier alpha value is -1.74. The van der Waals surface area contributed by atoms with Crippen LogP contribution in [-0.2, 0) is 17.2 Å². The number of carbonyl (C=O) groups excluding carboxylic acids is 1. The zero-order chi connectivity index (χ0) is 16.7. The van der Waals surface area contributed by atoms with E-state index in [0.29, 0.717) is 0 Å². The van der Waals surface area contributed by atoms with Crippen molar-refractivity contribution in [2.24, 2.45) is 0 Å². The Morgan fingerprint density at radius 3 is 2.64 bits per heavy atom. The summed E-state index contributed by atoms with van der Waals surface area (Å²) >= 11 is 0. The third kappa shape index (κ3) is 3.53. The highest BCUT2D eigenvalue weighted by molar-refractivity contribution is 6.58. The average molecular weight is 314 g/mol. The summed E-state index contributed by atoms with van der Waals surface area (Å²) in [5, 5.41) is 18.2. The minimum Gasteiger partial charge on any atom is -0.444 e. The molecule has 2 rings (SSSR count). The van der Waals surface area contributed by atoms with Crippen molar-refractivity contribution in [3.63, 3.8) is 0 Å². The molecule has 0 atom stereocenters. The van der Waals surface area contributed by atoms with Crippen molar-refractivity contribution in [3.05, 3.63) is 23.5 Å². The van der Waals surface area contributed by atoms with Gasteiger partial charge in [0.25, 0.3) is 0 Å². The van der Waals surface area contributed by atoms with E-state index in [2.05, 4.69) is 4.98 Å². The molecule has 1 aliphatic heterocycles. The lowest BCUT2D eigenvalue weighted by atomic mass is 9.80. The van der Waals surface area contributed by atoms with Crippen LogP contribution in [0.3, 0.4) is 0 Å². The summed E-state index contributed by atoms with van der Waals surface area (Å²) in [7, 11) is -1.82. The summed E-state index contributed by atoms with van der Waals surface area (Å²) in [6.45, 7) is 3.96. The van der Waals surface area contributed by atoms with Gasteiger partial charge < -0.3 is 14.8 Å². The Balaban J connectivity index is 2.31. The average Bonchev–Trinajstić information content (AvgIpc) is 2.35. The van der Waals surface area contributed by atoms with Gasteiger partial charge in [-0.15, -0.1) is 0 Å². The molecule has 9 heteroatoms. The first-order valence-corrected chi connectivity index (χ1v) is 6.71. The predicted octanol–water partition coefficient (Wildman–Crippen LogP) is 0.604. The molecule has 2 heterocycles. The second-order valence-corrected chi connectivity index (χ2v) is 6.19. The predicted molar refractivity (Wildman–Crippen MR) is 74.6 cm³/mol. The van der Waals surface area contributed by atoms with Gasteiger partial charge in [0, 0.05) is 11.7 Å². The first kappa shape index (κ1) is 16.6. The highest BCUT2D eigenvalue weighted by atomic mass is 19.3. The summed E-state index contributed by atoms with van der Waals surface area (Å²) in [6, 6.07) is 1.21. The van der Waals surface area contributed by atoms with Crippen LogP contribution in [0.25, 0.3) is 0 Å². The van der Waals surface area contributed by atoms with Crippen LogP contribution in [0.5, 0.6) is 0 Å². The molecule has 0 saturated carbocycles. The third-order valence-electron chi connectivity index (χ3n) is 3.03. The van der Waals surface area contributed by atoms with Crippen LogP contribution in [0.1, 0.15) is 32.0 Å². The summed E-state index contributed by atoms with van der Waals surface area (Å²) in [6.07, 6.45) is 0.133. The van der Waals surface area contributed by atoms with Crippen LogP contribution in [0, 0.1) is 0 Å². The van der Waals surface area contributed by atoms with Gasteiger partial charge in [-0.05, 0) is 26.3 Å². The quantitative estimate of drug-likeness (QED) is 0.742. The van der Waals surface area contributed by atoms with E-state index in [1.165, 1.54) is 6.07 Å². The molecule has 2 N–H and O–H groups in total. The van der Waals surface area contributed by atoms with Gasteiger partial charge in [0.1, 0.15) is 11.3 Å². The molecule has 0 bridgehead atoms. The van der Waals surface area contributed by atoms with Crippen molar-refractivity contribution >= 4 is 18.7 Å². The summed E-state index contributed by atoms with van der Waals surface area (Å²) in [5.41, 5.74) is -1.21. The number of pyridine rings is 1. The van der Waals surface area contributed by atoms with E-state index in [1.807, 2.05) is 0 Å². The van der Waals surface area contributed by atoms with Gasteiger partial charge >= 0.3 is 19.1 Å². The smallest absolute Gasteiger partial charge is 0.444 e. The molecule has 6 nitrogen and oxygen atoms in total. The van der Waals surface area contributed by atoms with Crippen molar-refractivity contribution < 1.29 is 28.4 Å². The Kier molecular flexibility index (Phi) is 4.14. The van der Waals surface area contributed by atoms with Gasteiger partial charge in [0.05, 0.1) is 13.1 Å². The number of fused-ring (bicyclic) bond motifs is 1. The molecule has 1 amide bonds. The molecule has 0 unspecified atom stereocenters. The fraction of sp³-hybridized carbons (Fsp3) is 0.538. The van der Waals surface area contributed by atoms with Gasteiger partial charge in [0.2, 0.25) is 0 Å². The third-order valence-corrected chi connectivity index (χ3v) is 3.03. The van der Waals surface area contributed by atoms with E-state index in [0.717, 1.165) is 11.1 Å². The number of halogens is 2. The molecule has 1 aliphatic rings. The molecule has 120 valence electrons. The fourth-order valence-corrected chi connectivity index (χ4v) is 2.15. The summed E-state index contributed by atoms with van der Waals surface area (Å²) in [4.78, 5) is 16.5. The molecule has 22 heavy (non-hydrogen) atoms.